The van der Waals surface area contributed by atoms with Gasteiger partial charge in [-0.3, -0.25) is 4.99 Å². The molecule has 0 aliphatic carbocycles. The Morgan fingerprint density at radius 3 is 2.84 bits per heavy atom. The zero-order valence-corrected chi connectivity index (χ0v) is 14.9. The number of rotatable bonds is 7. The predicted octanol–water partition coefficient (Wildman–Crippen LogP) is 2.93. The lowest BCUT2D eigenvalue weighted by atomic mass is 10.2. The molecule has 0 bridgehead atoms. The normalized spacial score (nSPS) is 18.2. The Morgan fingerprint density at radius 1 is 1.40 bits per heavy atom. The first kappa shape index (κ1) is 19.7. The summed E-state index contributed by atoms with van der Waals surface area (Å²) in [5.74, 6) is 2.09. The second-order valence-electron chi connectivity index (χ2n) is 5.51. The minimum Gasteiger partial charge on any atom is -0.476 e. The van der Waals surface area contributed by atoms with E-state index in [9.17, 15) is 13.2 Å². The van der Waals surface area contributed by atoms with E-state index in [1.807, 2.05) is 18.7 Å². The molecule has 1 aromatic heterocycles. The van der Waals surface area contributed by atoms with Crippen molar-refractivity contribution < 1.29 is 17.9 Å². The van der Waals surface area contributed by atoms with Gasteiger partial charge in [0.2, 0.25) is 5.88 Å². The van der Waals surface area contributed by atoms with E-state index in [2.05, 4.69) is 20.6 Å². The topological polar surface area (TPSA) is 58.5 Å². The molecular formula is C16H23F3N4OS. The number of thioether (sulfide) groups is 1. The molecule has 9 heteroatoms. The van der Waals surface area contributed by atoms with Crippen molar-refractivity contribution >= 4 is 17.7 Å². The van der Waals surface area contributed by atoms with E-state index in [0.717, 1.165) is 31.3 Å². The van der Waals surface area contributed by atoms with Crippen LogP contribution in [0.4, 0.5) is 13.2 Å². The Bertz CT molecular complexity index is 545. The Balaban J connectivity index is 1.73. The van der Waals surface area contributed by atoms with Gasteiger partial charge in [0.05, 0.1) is 18.7 Å². The lowest BCUT2D eigenvalue weighted by Crippen LogP contribution is -2.39. The molecular weight excluding hydrogens is 353 g/mol. The Hall–Kier alpha value is -1.64. The van der Waals surface area contributed by atoms with Gasteiger partial charge in [-0.15, -0.1) is 0 Å². The fraction of sp³-hybridized carbons (Fsp3) is 0.625. The number of nitrogens with zero attached hydrogens (tertiary/aromatic N) is 2. The molecule has 2 rings (SSSR count). The van der Waals surface area contributed by atoms with Crippen molar-refractivity contribution in [1.29, 1.82) is 0 Å². The molecule has 1 saturated heterocycles. The monoisotopic (exact) mass is 376 g/mol. The van der Waals surface area contributed by atoms with Gasteiger partial charge in [-0.25, -0.2) is 4.98 Å². The largest absolute Gasteiger partial charge is 0.476 e. The van der Waals surface area contributed by atoms with Gasteiger partial charge in [0.15, 0.2) is 5.96 Å². The van der Waals surface area contributed by atoms with Crippen LogP contribution in [0.3, 0.4) is 0 Å². The molecule has 1 fully saturated rings. The van der Waals surface area contributed by atoms with Crippen LogP contribution in [-0.2, 0) is 6.18 Å². The maximum Gasteiger partial charge on any atom is 0.417 e. The summed E-state index contributed by atoms with van der Waals surface area (Å²) < 4.78 is 42.7. The summed E-state index contributed by atoms with van der Waals surface area (Å²) in [4.78, 5) is 8.22. The summed E-state index contributed by atoms with van der Waals surface area (Å²) in [6.07, 6.45) is -1.16. The number of aromatic nitrogens is 1. The summed E-state index contributed by atoms with van der Waals surface area (Å²) >= 11 is 1.96. The van der Waals surface area contributed by atoms with E-state index in [4.69, 9.17) is 4.74 Å². The number of nitrogens with one attached hydrogen (secondary N) is 2. The van der Waals surface area contributed by atoms with Crippen molar-refractivity contribution in [3.8, 4) is 5.88 Å². The van der Waals surface area contributed by atoms with Gasteiger partial charge in [-0.2, -0.15) is 24.9 Å². The molecule has 1 atom stereocenters. The van der Waals surface area contributed by atoms with Crippen LogP contribution in [0, 0.1) is 0 Å². The third kappa shape index (κ3) is 7.01. The molecule has 140 valence electrons. The minimum atomic E-state index is -4.39. The van der Waals surface area contributed by atoms with Crippen LogP contribution in [0.5, 0.6) is 5.88 Å². The van der Waals surface area contributed by atoms with Crippen LogP contribution in [0.2, 0.25) is 0 Å². The Kier molecular flexibility index (Phi) is 7.67. The van der Waals surface area contributed by atoms with Crippen LogP contribution >= 0.6 is 11.8 Å². The highest BCUT2D eigenvalue weighted by Crippen LogP contribution is 2.29. The maximum atomic E-state index is 12.5. The molecule has 2 N–H and O–H groups in total. The zero-order chi connectivity index (χ0) is 18.1. The molecule has 0 aromatic carbocycles. The maximum absolute atomic E-state index is 12.5. The molecule has 1 aromatic rings. The number of hydrogen-bond acceptors (Lipinski definition) is 4. The minimum absolute atomic E-state index is 0.166. The van der Waals surface area contributed by atoms with E-state index in [0.29, 0.717) is 11.8 Å². The van der Waals surface area contributed by atoms with Gasteiger partial charge in [-0.05, 0) is 31.6 Å². The van der Waals surface area contributed by atoms with Crippen LogP contribution < -0.4 is 15.4 Å². The summed E-state index contributed by atoms with van der Waals surface area (Å²) in [5.41, 5.74) is -0.788. The van der Waals surface area contributed by atoms with Gasteiger partial charge in [-0.1, -0.05) is 0 Å². The first-order chi connectivity index (χ1) is 12.0. The number of alkyl halides is 3. The van der Waals surface area contributed by atoms with Gasteiger partial charge < -0.3 is 15.4 Å². The summed E-state index contributed by atoms with van der Waals surface area (Å²) in [5, 5.41) is 6.90. The third-order valence-corrected chi connectivity index (χ3v) is 4.91. The molecule has 0 radical (unpaired) electrons. The fourth-order valence-electron chi connectivity index (χ4n) is 2.28. The van der Waals surface area contributed by atoms with Gasteiger partial charge in [0.25, 0.3) is 0 Å². The lowest BCUT2D eigenvalue weighted by molar-refractivity contribution is -0.137. The van der Waals surface area contributed by atoms with Crippen molar-refractivity contribution in [3.63, 3.8) is 0 Å². The van der Waals surface area contributed by atoms with E-state index >= 15 is 0 Å². The average Bonchev–Trinajstić information content (AvgIpc) is 3.09. The molecule has 0 spiro atoms. The van der Waals surface area contributed by atoms with Crippen LogP contribution in [0.25, 0.3) is 0 Å². The summed E-state index contributed by atoms with van der Waals surface area (Å²) in [7, 11) is 0. The second-order valence-corrected chi connectivity index (χ2v) is 6.92. The van der Waals surface area contributed by atoms with Crippen molar-refractivity contribution in [3.05, 3.63) is 23.9 Å². The highest BCUT2D eigenvalue weighted by Gasteiger charge is 2.30. The third-order valence-electron chi connectivity index (χ3n) is 3.53. The van der Waals surface area contributed by atoms with Crippen molar-refractivity contribution in [2.24, 2.45) is 4.99 Å². The first-order valence-corrected chi connectivity index (χ1v) is 9.33. The molecule has 0 saturated carbocycles. The fourth-order valence-corrected chi connectivity index (χ4v) is 3.46. The highest BCUT2D eigenvalue weighted by atomic mass is 32.2. The van der Waals surface area contributed by atoms with Gasteiger partial charge >= 0.3 is 6.18 Å². The number of ether oxygens (including phenoxy) is 1. The van der Waals surface area contributed by atoms with Crippen LogP contribution in [-0.4, -0.2) is 48.2 Å². The van der Waals surface area contributed by atoms with E-state index in [1.165, 1.54) is 24.7 Å². The molecule has 1 unspecified atom stereocenters. The van der Waals surface area contributed by atoms with Crippen molar-refractivity contribution in [2.45, 2.75) is 31.2 Å². The molecule has 25 heavy (non-hydrogen) atoms. The Morgan fingerprint density at radius 2 is 2.24 bits per heavy atom. The van der Waals surface area contributed by atoms with E-state index in [1.54, 1.807) is 0 Å². The lowest BCUT2D eigenvalue weighted by Gasteiger charge is -2.13. The first-order valence-electron chi connectivity index (χ1n) is 8.29. The number of halogens is 3. The van der Waals surface area contributed by atoms with E-state index < -0.39 is 11.7 Å². The van der Waals surface area contributed by atoms with Crippen LogP contribution in [0.1, 0.15) is 25.3 Å². The van der Waals surface area contributed by atoms with E-state index in [-0.39, 0.29) is 12.5 Å². The SMILES string of the molecule is CCNC(=NCC1CCCS1)NCCOc1ccc(C(F)(F)F)cn1. The quantitative estimate of drug-likeness (QED) is 0.435. The molecule has 1 aliphatic rings. The van der Waals surface area contributed by atoms with Crippen molar-refractivity contribution in [1.82, 2.24) is 15.6 Å². The number of hydrogen-bond donors (Lipinski definition) is 2. The smallest absolute Gasteiger partial charge is 0.417 e. The zero-order valence-electron chi connectivity index (χ0n) is 14.1. The van der Waals surface area contributed by atoms with Gasteiger partial charge in [0.1, 0.15) is 6.61 Å². The average molecular weight is 376 g/mol. The number of pyridine rings is 1. The standard InChI is InChI=1S/C16H23F3N4OS/c1-2-20-15(23-11-13-4-3-9-25-13)21-7-8-24-14-6-5-12(10-22-14)16(17,18)19/h5-6,10,13H,2-4,7-9,11H2,1H3,(H2,20,21,23). The Labute approximate surface area is 149 Å². The predicted molar refractivity (Wildman–Crippen MR) is 94.2 cm³/mol. The second kappa shape index (κ2) is 9.74. The number of aliphatic imine (C=N–C) groups is 1. The summed E-state index contributed by atoms with van der Waals surface area (Å²) in [6, 6.07) is 2.18. The summed E-state index contributed by atoms with van der Waals surface area (Å²) in [6.45, 7) is 4.28. The molecule has 0 amide bonds. The molecule has 1 aliphatic heterocycles. The molecule has 5 nitrogen and oxygen atoms in total. The van der Waals surface area contributed by atoms with Gasteiger partial charge in [0, 0.05) is 24.1 Å². The highest BCUT2D eigenvalue weighted by molar-refractivity contribution is 8.00. The number of guanidine groups is 1. The van der Waals surface area contributed by atoms with Crippen molar-refractivity contribution in [2.75, 3.05) is 32.0 Å². The molecule has 2 heterocycles. The van der Waals surface area contributed by atoms with Crippen LogP contribution in [0.15, 0.2) is 23.3 Å².